The van der Waals surface area contributed by atoms with Gasteiger partial charge in [0.1, 0.15) is 0 Å². The predicted molar refractivity (Wildman–Crippen MR) is 106 cm³/mol. The highest BCUT2D eigenvalue weighted by Gasteiger charge is 2.12. The molecule has 0 atom stereocenters. The van der Waals surface area contributed by atoms with Gasteiger partial charge in [-0.25, -0.2) is 10.1 Å². The number of aromatic nitrogens is 3. The van der Waals surface area contributed by atoms with Gasteiger partial charge in [0, 0.05) is 10.6 Å². The van der Waals surface area contributed by atoms with Gasteiger partial charge in [-0.15, -0.1) is 21.5 Å². The molecule has 0 saturated heterocycles. The highest BCUT2D eigenvalue weighted by atomic mass is 32.2. The van der Waals surface area contributed by atoms with Gasteiger partial charge in [-0.1, -0.05) is 30.0 Å². The first-order valence-corrected chi connectivity index (χ1v) is 9.51. The van der Waals surface area contributed by atoms with Crippen LogP contribution in [-0.2, 0) is 4.79 Å². The van der Waals surface area contributed by atoms with Crippen LogP contribution in [0.25, 0.3) is 0 Å². The van der Waals surface area contributed by atoms with Crippen molar-refractivity contribution >= 4 is 46.9 Å². The lowest BCUT2D eigenvalue weighted by Gasteiger charge is -2.06. The van der Waals surface area contributed by atoms with Crippen LogP contribution in [0.4, 0.5) is 11.6 Å². The standard InChI is InChI=1S/C16H17N7OS2/c1-11-4-2-5-12(8-11)19-14(24)10-26-16-22-21-15(23(16)17)20-18-9-13-6-3-7-25-13/h2-9H,10,17H2,1H3,(H,19,24)(H,20,21)/b18-9+. The van der Waals surface area contributed by atoms with E-state index in [4.69, 9.17) is 5.84 Å². The summed E-state index contributed by atoms with van der Waals surface area (Å²) in [4.78, 5) is 13.1. The zero-order chi connectivity index (χ0) is 18.4. The minimum Gasteiger partial charge on any atom is -0.334 e. The quantitative estimate of drug-likeness (QED) is 0.249. The second kappa shape index (κ2) is 8.50. The average molecular weight is 387 g/mol. The Balaban J connectivity index is 1.52. The molecule has 0 aliphatic rings. The molecule has 0 fully saturated rings. The fraction of sp³-hybridized carbons (Fsp3) is 0.125. The SMILES string of the molecule is Cc1cccc(NC(=O)CSc2nnc(N/N=C/c3cccs3)n2N)c1. The summed E-state index contributed by atoms with van der Waals surface area (Å²) in [5, 5.41) is 17.2. The highest BCUT2D eigenvalue weighted by Crippen LogP contribution is 2.17. The first-order valence-electron chi connectivity index (χ1n) is 7.64. The van der Waals surface area contributed by atoms with Gasteiger partial charge in [0.2, 0.25) is 11.1 Å². The lowest BCUT2D eigenvalue weighted by Crippen LogP contribution is -2.16. The van der Waals surface area contributed by atoms with Crippen LogP contribution in [0.1, 0.15) is 10.4 Å². The zero-order valence-corrected chi connectivity index (χ0v) is 15.5. The number of thioether (sulfide) groups is 1. The molecule has 0 unspecified atom stereocenters. The molecule has 3 rings (SSSR count). The number of amides is 1. The van der Waals surface area contributed by atoms with E-state index < -0.39 is 0 Å². The largest absolute Gasteiger partial charge is 0.334 e. The predicted octanol–water partition coefficient (Wildman–Crippen LogP) is 2.54. The number of carbonyl (C=O) groups is 1. The van der Waals surface area contributed by atoms with E-state index in [9.17, 15) is 4.79 Å². The molecule has 4 N–H and O–H groups in total. The van der Waals surface area contributed by atoms with Crippen LogP contribution in [0, 0.1) is 6.92 Å². The van der Waals surface area contributed by atoms with Gasteiger partial charge < -0.3 is 11.2 Å². The Hall–Kier alpha value is -2.85. The van der Waals surface area contributed by atoms with Crippen LogP contribution in [-0.4, -0.2) is 32.7 Å². The number of nitrogens with one attached hydrogen (secondary N) is 2. The first-order chi connectivity index (χ1) is 12.6. The molecule has 2 heterocycles. The highest BCUT2D eigenvalue weighted by molar-refractivity contribution is 7.99. The van der Waals surface area contributed by atoms with Crippen molar-refractivity contribution in [3.05, 3.63) is 52.2 Å². The minimum atomic E-state index is -0.145. The molecule has 0 bridgehead atoms. The van der Waals surface area contributed by atoms with E-state index in [2.05, 4.69) is 26.0 Å². The summed E-state index contributed by atoms with van der Waals surface area (Å²) in [6.45, 7) is 1.97. The molecular formula is C16H17N7OS2. The minimum absolute atomic E-state index is 0.145. The van der Waals surface area contributed by atoms with Crippen LogP contribution < -0.4 is 16.6 Å². The summed E-state index contributed by atoms with van der Waals surface area (Å²) >= 11 is 2.76. The summed E-state index contributed by atoms with van der Waals surface area (Å²) in [7, 11) is 0. The fourth-order valence-electron chi connectivity index (χ4n) is 2.02. The second-order valence-corrected chi connectivity index (χ2v) is 7.19. The number of nitrogen functional groups attached to an aromatic ring is 1. The number of hydrazone groups is 1. The Morgan fingerprint density at radius 2 is 2.27 bits per heavy atom. The topological polar surface area (TPSA) is 110 Å². The number of carbonyl (C=O) groups excluding carboxylic acids is 1. The smallest absolute Gasteiger partial charge is 0.264 e. The summed E-state index contributed by atoms with van der Waals surface area (Å²) in [5.41, 5.74) is 4.57. The summed E-state index contributed by atoms with van der Waals surface area (Å²) < 4.78 is 1.26. The van der Waals surface area contributed by atoms with E-state index >= 15 is 0 Å². The fourth-order valence-corrected chi connectivity index (χ4v) is 3.26. The third-order valence-corrected chi connectivity index (χ3v) is 4.95. The Bertz CT molecular complexity index is 905. The Morgan fingerprint density at radius 3 is 3.04 bits per heavy atom. The van der Waals surface area contributed by atoms with Crippen molar-refractivity contribution in [2.24, 2.45) is 5.10 Å². The number of benzene rings is 1. The molecule has 1 aromatic carbocycles. The van der Waals surface area contributed by atoms with E-state index in [0.717, 1.165) is 16.1 Å². The number of hydrogen-bond acceptors (Lipinski definition) is 8. The van der Waals surface area contributed by atoms with Crippen LogP contribution in [0.15, 0.2) is 52.0 Å². The van der Waals surface area contributed by atoms with Crippen molar-refractivity contribution in [2.75, 3.05) is 22.3 Å². The van der Waals surface area contributed by atoms with Gasteiger partial charge in [0.15, 0.2) is 0 Å². The van der Waals surface area contributed by atoms with Crippen molar-refractivity contribution in [3.63, 3.8) is 0 Å². The van der Waals surface area contributed by atoms with E-state index in [0.29, 0.717) is 11.1 Å². The number of anilines is 2. The van der Waals surface area contributed by atoms with Crippen molar-refractivity contribution in [2.45, 2.75) is 12.1 Å². The molecule has 134 valence electrons. The summed E-state index contributed by atoms with van der Waals surface area (Å²) in [5.74, 6) is 6.24. The third-order valence-electron chi connectivity index (χ3n) is 3.20. The third kappa shape index (κ3) is 4.83. The second-order valence-electron chi connectivity index (χ2n) is 5.27. The molecule has 3 aromatic rings. The van der Waals surface area contributed by atoms with E-state index in [1.165, 1.54) is 16.4 Å². The lowest BCUT2D eigenvalue weighted by molar-refractivity contribution is -0.113. The van der Waals surface area contributed by atoms with Gasteiger partial charge in [-0.3, -0.25) is 4.79 Å². The maximum atomic E-state index is 12.1. The van der Waals surface area contributed by atoms with Gasteiger partial charge in [-0.2, -0.15) is 5.10 Å². The zero-order valence-electron chi connectivity index (χ0n) is 13.9. The molecule has 0 aliphatic carbocycles. The van der Waals surface area contributed by atoms with Crippen molar-refractivity contribution < 1.29 is 4.79 Å². The molecule has 26 heavy (non-hydrogen) atoms. The molecule has 10 heteroatoms. The number of hydrogen-bond donors (Lipinski definition) is 3. The van der Waals surface area contributed by atoms with Gasteiger partial charge in [-0.05, 0) is 36.1 Å². The Labute approximate surface area is 158 Å². The molecule has 0 spiro atoms. The molecular weight excluding hydrogens is 370 g/mol. The average Bonchev–Trinajstić information content (AvgIpc) is 3.24. The monoisotopic (exact) mass is 387 g/mol. The maximum absolute atomic E-state index is 12.1. The molecule has 0 saturated carbocycles. The van der Waals surface area contributed by atoms with Crippen LogP contribution in [0.5, 0.6) is 0 Å². The van der Waals surface area contributed by atoms with Crippen molar-refractivity contribution in [1.29, 1.82) is 0 Å². The number of aryl methyl sites for hydroxylation is 1. The number of nitrogens with two attached hydrogens (primary N) is 1. The number of rotatable bonds is 7. The lowest BCUT2D eigenvalue weighted by atomic mass is 10.2. The van der Waals surface area contributed by atoms with Gasteiger partial charge in [0.25, 0.3) is 5.95 Å². The molecule has 0 aliphatic heterocycles. The van der Waals surface area contributed by atoms with E-state index in [1.54, 1.807) is 17.6 Å². The molecule has 8 nitrogen and oxygen atoms in total. The van der Waals surface area contributed by atoms with Crippen LogP contribution in [0.2, 0.25) is 0 Å². The molecule has 0 radical (unpaired) electrons. The van der Waals surface area contributed by atoms with Gasteiger partial charge >= 0.3 is 0 Å². The normalized spacial score (nSPS) is 11.0. The van der Waals surface area contributed by atoms with E-state index in [1.807, 2.05) is 48.7 Å². The maximum Gasteiger partial charge on any atom is 0.264 e. The van der Waals surface area contributed by atoms with Crippen molar-refractivity contribution in [1.82, 2.24) is 14.9 Å². The van der Waals surface area contributed by atoms with Gasteiger partial charge in [0.05, 0.1) is 12.0 Å². The number of thiophene rings is 1. The van der Waals surface area contributed by atoms with Crippen LogP contribution >= 0.6 is 23.1 Å². The van der Waals surface area contributed by atoms with Crippen molar-refractivity contribution in [3.8, 4) is 0 Å². The summed E-state index contributed by atoms with van der Waals surface area (Å²) in [6, 6.07) is 11.5. The first kappa shape index (κ1) is 18.0. The Morgan fingerprint density at radius 1 is 1.38 bits per heavy atom. The Kier molecular flexibility index (Phi) is 5.87. The molecule has 2 aromatic heterocycles. The van der Waals surface area contributed by atoms with Crippen LogP contribution in [0.3, 0.4) is 0 Å². The van der Waals surface area contributed by atoms with E-state index in [-0.39, 0.29) is 11.7 Å². The molecule has 1 amide bonds. The number of nitrogens with zero attached hydrogens (tertiary/aromatic N) is 4. The summed E-state index contributed by atoms with van der Waals surface area (Å²) in [6.07, 6.45) is 1.67.